The lowest BCUT2D eigenvalue weighted by Crippen LogP contribution is -2.25. The van der Waals surface area contributed by atoms with Crippen LogP contribution in [0.15, 0.2) is 16.6 Å². The van der Waals surface area contributed by atoms with Crippen LogP contribution in [0.2, 0.25) is 0 Å². The van der Waals surface area contributed by atoms with Crippen molar-refractivity contribution in [2.24, 2.45) is 0 Å². The lowest BCUT2D eigenvalue weighted by molar-refractivity contribution is -0.112. The molecule has 1 aliphatic carbocycles. The Kier molecular flexibility index (Phi) is 2.81. The molecule has 0 saturated heterocycles. The van der Waals surface area contributed by atoms with Crippen molar-refractivity contribution in [2.75, 3.05) is 5.73 Å². The van der Waals surface area contributed by atoms with Gasteiger partial charge in [0.1, 0.15) is 12.1 Å². The van der Waals surface area contributed by atoms with Crippen molar-refractivity contribution in [3.63, 3.8) is 0 Å². The molecule has 1 atom stereocenters. The van der Waals surface area contributed by atoms with Gasteiger partial charge in [-0.3, -0.25) is 4.90 Å². The van der Waals surface area contributed by atoms with Crippen molar-refractivity contribution < 1.29 is 9.18 Å². The predicted octanol–water partition coefficient (Wildman–Crippen LogP) is 2.94. The van der Waals surface area contributed by atoms with E-state index in [-0.39, 0.29) is 11.9 Å². The molecule has 1 aliphatic heterocycles. The van der Waals surface area contributed by atoms with Gasteiger partial charge in [0.05, 0.1) is 21.7 Å². The number of pyridine rings is 1. The van der Waals surface area contributed by atoms with Crippen molar-refractivity contribution in [3.05, 3.63) is 33.7 Å². The molecule has 4 nitrogen and oxygen atoms in total. The minimum Gasteiger partial charge on any atom is -0.398 e. The van der Waals surface area contributed by atoms with Gasteiger partial charge in [0.15, 0.2) is 0 Å². The molecule has 2 aliphatic rings. The number of aromatic nitrogens is 1. The number of nitrogens with two attached hydrogens (primary N) is 1. The van der Waals surface area contributed by atoms with E-state index in [0.29, 0.717) is 33.6 Å². The zero-order chi connectivity index (χ0) is 14.7. The molecule has 0 spiro atoms. The van der Waals surface area contributed by atoms with Crippen LogP contribution in [0.3, 0.4) is 0 Å². The largest absolute Gasteiger partial charge is 0.398 e. The smallest absolute Gasteiger partial charge is 0.141 e. The molecule has 108 valence electrons. The number of nitrogen functional groups attached to an aromatic ring is 1. The first-order chi connectivity index (χ1) is 10.1. The molecule has 1 aromatic heterocycles. The van der Waals surface area contributed by atoms with Gasteiger partial charge >= 0.3 is 0 Å². The van der Waals surface area contributed by atoms with Crippen molar-refractivity contribution >= 4 is 38.8 Å². The second kappa shape index (κ2) is 4.48. The minimum atomic E-state index is -0.363. The van der Waals surface area contributed by atoms with Gasteiger partial charge in [-0.15, -0.1) is 0 Å². The second-order valence-electron chi connectivity index (χ2n) is 5.63. The van der Waals surface area contributed by atoms with Gasteiger partial charge in [-0.2, -0.15) is 0 Å². The van der Waals surface area contributed by atoms with E-state index in [1.807, 2.05) is 0 Å². The Morgan fingerprint density at radius 3 is 2.86 bits per heavy atom. The minimum absolute atomic E-state index is 0.321. The Hall–Kier alpha value is -1.53. The number of nitrogens with zero attached hydrogens (tertiary/aromatic N) is 2. The average Bonchev–Trinajstić information content (AvgIpc) is 3.24. The van der Waals surface area contributed by atoms with Crippen molar-refractivity contribution in [3.8, 4) is 0 Å². The van der Waals surface area contributed by atoms with Crippen LogP contribution in [0.25, 0.3) is 10.9 Å². The zero-order valence-corrected chi connectivity index (χ0v) is 12.7. The van der Waals surface area contributed by atoms with E-state index in [1.165, 1.54) is 6.07 Å². The van der Waals surface area contributed by atoms with Gasteiger partial charge in [0.2, 0.25) is 0 Å². The lowest BCUT2D eigenvalue weighted by Gasteiger charge is -2.19. The average molecular weight is 350 g/mol. The summed E-state index contributed by atoms with van der Waals surface area (Å²) in [5.74, 6) is -0.363. The topological polar surface area (TPSA) is 59.2 Å². The van der Waals surface area contributed by atoms with E-state index in [2.05, 4.69) is 25.8 Å². The third kappa shape index (κ3) is 1.82. The molecule has 1 aromatic carbocycles. The normalized spacial score (nSPS) is 21.7. The highest BCUT2D eigenvalue weighted by Crippen LogP contribution is 2.45. The maximum absolute atomic E-state index is 13.7. The maximum atomic E-state index is 13.7. The highest BCUT2D eigenvalue weighted by Gasteiger charge is 2.42. The van der Waals surface area contributed by atoms with Crippen LogP contribution in [0.4, 0.5) is 10.1 Å². The number of anilines is 1. The van der Waals surface area contributed by atoms with Gasteiger partial charge in [0.25, 0.3) is 0 Å². The molecule has 2 heterocycles. The third-order valence-electron chi connectivity index (χ3n) is 4.34. The highest BCUT2D eigenvalue weighted by atomic mass is 79.9. The fourth-order valence-corrected chi connectivity index (χ4v) is 3.59. The summed E-state index contributed by atoms with van der Waals surface area (Å²) in [7, 11) is 0. The summed E-state index contributed by atoms with van der Waals surface area (Å²) in [6.07, 6.45) is 3.15. The molecule has 4 rings (SSSR count). The Morgan fingerprint density at radius 1 is 1.43 bits per heavy atom. The Morgan fingerprint density at radius 2 is 2.19 bits per heavy atom. The molecule has 0 bridgehead atoms. The van der Waals surface area contributed by atoms with Crippen LogP contribution in [0.1, 0.15) is 30.1 Å². The van der Waals surface area contributed by atoms with Crippen LogP contribution >= 0.6 is 15.9 Å². The summed E-state index contributed by atoms with van der Waals surface area (Å²) in [4.78, 5) is 18.2. The SMILES string of the molecule is Nc1c2c(nc3c(Br)c(F)ccc13)CN(C1CC1)C2C=O. The van der Waals surface area contributed by atoms with E-state index in [1.54, 1.807) is 6.07 Å². The molecule has 2 aromatic rings. The van der Waals surface area contributed by atoms with Crippen LogP contribution in [0, 0.1) is 5.82 Å². The number of hydrogen-bond donors (Lipinski definition) is 1. The van der Waals surface area contributed by atoms with Crippen molar-refractivity contribution in [2.45, 2.75) is 31.5 Å². The first kappa shape index (κ1) is 13.2. The molecule has 6 heteroatoms. The van der Waals surface area contributed by atoms with Crippen LogP contribution < -0.4 is 5.73 Å². The molecule has 21 heavy (non-hydrogen) atoms. The third-order valence-corrected chi connectivity index (χ3v) is 5.09. The van der Waals surface area contributed by atoms with Crippen LogP contribution in [-0.4, -0.2) is 22.2 Å². The van der Waals surface area contributed by atoms with E-state index in [0.717, 1.165) is 30.4 Å². The van der Waals surface area contributed by atoms with Gasteiger partial charge in [-0.1, -0.05) is 0 Å². The number of carbonyl (C=O) groups is 1. The summed E-state index contributed by atoms with van der Waals surface area (Å²) in [6.45, 7) is 0.604. The predicted molar refractivity (Wildman–Crippen MR) is 81.2 cm³/mol. The summed E-state index contributed by atoms with van der Waals surface area (Å²) < 4.78 is 14.0. The molecule has 2 N–H and O–H groups in total. The van der Waals surface area contributed by atoms with Crippen molar-refractivity contribution in [1.82, 2.24) is 9.88 Å². The number of rotatable bonds is 2. The fourth-order valence-electron chi connectivity index (χ4n) is 3.16. The van der Waals surface area contributed by atoms with Gasteiger partial charge in [0, 0.05) is 29.2 Å². The Balaban J connectivity index is 1.97. The highest BCUT2D eigenvalue weighted by molar-refractivity contribution is 9.10. The molecule has 0 amide bonds. The lowest BCUT2D eigenvalue weighted by atomic mass is 10.0. The summed E-state index contributed by atoms with van der Waals surface area (Å²) in [6, 6.07) is 3.10. The van der Waals surface area contributed by atoms with Gasteiger partial charge in [-0.25, -0.2) is 9.37 Å². The molecular weight excluding hydrogens is 337 g/mol. The van der Waals surface area contributed by atoms with E-state index in [9.17, 15) is 9.18 Å². The number of hydrogen-bond acceptors (Lipinski definition) is 4. The van der Waals surface area contributed by atoms with Gasteiger partial charge in [-0.05, 0) is 40.9 Å². The Labute approximate surface area is 129 Å². The summed E-state index contributed by atoms with van der Waals surface area (Å²) in [5, 5.41) is 0.687. The number of benzene rings is 1. The summed E-state index contributed by atoms with van der Waals surface area (Å²) in [5.41, 5.74) is 8.91. The Bertz CT molecular complexity index is 775. The number of halogens is 2. The zero-order valence-electron chi connectivity index (χ0n) is 11.1. The van der Waals surface area contributed by atoms with Crippen LogP contribution in [0.5, 0.6) is 0 Å². The maximum Gasteiger partial charge on any atom is 0.141 e. The second-order valence-corrected chi connectivity index (χ2v) is 6.42. The van der Waals surface area contributed by atoms with E-state index in [4.69, 9.17) is 5.73 Å². The first-order valence-electron chi connectivity index (χ1n) is 6.88. The van der Waals surface area contributed by atoms with Gasteiger partial charge < -0.3 is 10.5 Å². The molecule has 1 unspecified atom stereocenters. The number of fused-ring (bicyclic) bond motifs is 2. The van der Waals surface area contributed by atoms with Crippen LogP contribution in [-0.2, 0) is 11.3 Å². The standard InChI is InChI=1S/C15H13BrFN3O/c16-13-9(17)4-3-8-14(18)12-10(19-15(8)13)5-20(7-1-2-7)11(12)6-21/h3-4,6-7,11H,1-2,5H2,(H2,18,19). The molecule has 0 radical (unpaired) electrons. The fraction of sp³-hybridized carbons (Fsp3) is 0.333. The van der Waals surface area contributed by atoms with E-state index >= 15 is 0 Å². The van der Waals surface area contributed by atoms with Crippen molar-refractivity contribution in [1.29, 1.82) is 0 Å². The molecular formula is C15H13BrFN3O. The monoisotopic (exact) mass is 349 g/mol. The first-order valence-corrected chi connectivity index (χ1v) is 7.68. The molecule has 1 fully saturated rings. The quantitative estimate of drug-likeness (QED) is 0.846. The number of carbonyl (C=O) groups excluding carboxylic acids is 1. The molecule has 1 saturated carbocycles. The van der Waals surface area contributed by atoms with E-state index < -0.39 is 0 Å². The summed E-state index contributed by atoms with van der Waals surface area (Å²) >= 11 is 3.24. The number of aldehydes is 1.